The summed E-state index contributed by atoms with van der Waals surface area (Å²) >= 11 is 0.508. The lowest BCUT2D eigenvalue weighted by atomic mass is 9.79. The van der Waals surface area contributed by atoms with E-state index in [1.54, 1.807) is 5.40 Å². The summed E-state index contributed by atoms with van der Waals surface area (Å²) in [6, 6.07) is 8.74. The minimum absolute atomic E-state index is 0.246. The number of thioether (sulfide) groups is 1. The van der Waals surface area contributed by atoms with E-state index in [1.165, 1.54) is 43.4 Å². The SMILES string of the molecule is CC1CCC(c2ccc(-c3cc(F)c(SC#N)c(F)c3)c(P)c2)CC1. The van der Waals surface area contributed by atoms with Crippen LogP contribution in [0.5, 0.6) is 0 Å². The van der Waals surface area contributed by atoms with Crippen molar-refractivity contribution in [3.63, 3.8) is 0 Å². The fourth-order valence-electron chi connectivity index (χ4n) is 3.55. The molecule has 1 unspecified atom stereocenters. The molecule has 1 fully saturated rings. The first-order chi connectivity index (χ1) is 12.0. The van der Waals surface area contributed by atoms with Gasteiger partial charge in [-0.2, -0.15) is 5.26 Å². The smallest absolute Gasteiger partial charge is 0.141 e. The van der Waals surface area contributed by atoms with Gasteiger partial charge in [0.15, 0.2) is 0 Å². The molecule has 1 saturated carbocycles. The number of rotatable bonds is 3. The largest absolute Gasteiger partial charge is 0.206 e. The van der Waals surface area contributed by atoms with Crippen LogP contribution in [-0.4, -0.2) is 0 Å². The molecule has 5 heteroatoms. The highest BCUT2D eigenvalue weighted by Crippen LogP contribution is 2.36. The Morgan fingerprint density at radius 3 is 2.28 bits per heavy atom. The zero-order valence-electron chi connectivity index (χ0n) is 14.1. The number of hydrogen-bond acceptors (Lipinski definition) is 2. The van der Waals surface area contributed by atoms with Crippen LogP contribution in [0.4, 0.5) is 8.78 Å². The molecular weight excluding hydrogens is 355 g/mol. The van der Waals surface area contributed by atoms with Crippen molar-refractivity contribution < 1.29 is 8.78 Å². The minimum Gasteiger partial charge on any atom is -0.206 e. The van der Waals surface area contributed by atoms with Gasteiger partial charge in [0.25, 0.3) is 0 Å². The molecule has 0 amide bonds. The molecule has 0 saturated heterocycles. The first kappa shape index (κ1) is 18.4. The van der Waals surface area contributed by atoms with E-state index in [2.05, 4.69) is 28.3 Å². The second-order valence-electron chi connectivity index (χ2n) is 6.77. The van der Waals surface area contributed by atoms with Crippen LogP contribution in [0.25, 0.3) is 11.1 Å². The maximum atomic E-state index is 14.1. The van der Waals surface area contributed by atoms with E-state index in [0.29, 0.717) is 23.2 Å². The first-order valence-corrected chi connectivity index (χ1v) is 9.83. The van der Waals surface area contributed by atoms with Crippen molar-refractivity contribution in [2.24, 2.45) is 5.92 Å². The Morgan fingerprint density at radius 1 is 1.08 bits per heavy atom. The third-order valence-corrected chi connectivity index (χ3v) is 6.18. The van der Waals surface area contributed by atoms with Crippen molar-refractivity contribution in [1.29, 1.82) is 5.26 Å². The monoisotopic (exact) mass is 375 g/mol. The van der Waals surface area contributed by atoms with E-state index in [9.17, 15) is 8.78 Å². The third-order valence-electron chi connectivity index (χ3n) is 5.02. The molecular formula is C20H20F2NPS. The number of nitriles is 1. The van der Waals surface area contributed by atoms with Crippen LogP contribution in [0.3, 0.4) is 0 Å². The van der Waals surface area contributed by atoms with Gasteiger partial charge < -0.3 is 0 Å². The van der Waals surface area contributed by atoms with Crippen molar-refractivity contribution in [3.05, 3.63) is 47.5 Å². The van der Waals surface area contributed by atoms with E-state index in [4.69, 9.17) is 5.26 Å². The van der Waals surface area contributed by atoms with Gasteiger partial charge in [0.2, 0.25) is 0 Å². The molecule has 2 aromatic carbocycles. The number of nitrogens with zero attached hydrogens (tertiary/aromatic N) is 1. The predicted octanol–water partition coefficient (Wildman–Crippen LogP) is 6.00. The fraction of sp³-hybridized carbons (Fsp3) is 0.350. The van der Waals surface area contributed by atoms with E-state index >= 15 is 0 Å². The number of benzene rings is 2. The van der Waals surface area contributed by atoms with Crippen molar-refractivity contribution in [1.82, 2.24) is 0 Å². The molecule has 0 aliphatic heterocycles. The minimum atomic E-state index is -0.698. The molecule has 1 atom stereocenters. The standard InChI is InChI=1S/C20H20F2NPS/c1-12-2-4-13(5-3-12)14-6-7-16(19(24)10-14)15-8-17(21)20(25-11-23)18(22)9-15/h6-10,12-13H,2-5,24H2,1H3. The van der Waals surface area contributed by atoms with Crippen LogP contribution in [0.1, 0.15) is 44.1 Å². The summed E-state index contributed by atoms with van der Waals surface area (Å²) in [6.07, 6.45) is 4.92. The number of hydrogen-bond donors (Lipinski definition) is 0. The highest BCUT2D eigenvalue weighted by atomic mass is 32.2. The summed E-state index contributed by atoms with van der Waals surface area (Å²) < 4.78 is 28.2. The summed E-state index contributed by atoms with van der Waals surface area (Å²) in [4.78, 5) is -0.246. The highest BCUT2D eigenvalue weighted by Gasteiger charge is 2.20. The highest BCUT2D eigenvalue weighted by molar-refractivity contribution is 8.03. The quantitative estimate of drug-likeness (QED) is 0.373. The van der Waals surface area contributed by atoms with E-state index in [1.807, 2.05) is 6.07 Å². The first-order valence-electron chi connectivity index (χ1n) is 8.44. The molecule has 1 aliphatic carbocycles. The van der Waals surface area contributed by atoms with Gasteiger partial charge >= 0.3 is 0 Å². The topological polar surface area (TPSA) is 23.8 Å². The maximum Gasteiger partial charge on any atom is 0.141 e. The second-order valence-corrected chi connectivity index (χ2v) is 8.18. The Kier molecular flexibility index (Phi) is 5.77. The van der Waals surface area contributed by atoms with Gasteiger partial charge in [-0.1, -0.05) is 38.0 Å². The molecule has 0 bridgehead atoms. The van der Waals surface area contributed by atoms with Gasteiger partial charge in [0.1, 0.15) is 17.0 Å². The fourth-order valence-corrected chi connectivity index (χ4v) is 4.41. The van der Waals surface area contributed by atoms with Gasteiger partial charge in [0.05, 0.1) is 4.90 Å². The molecule has 0 radical (unpaired) electrons. The van der Waals surface area contributed by atoms with Crippen LogP contribution >= 0.6 is 21.0 Å². The van der Waals surface area contributed by atoms with E-state index in [0.717, 1.165) is 16.8 Å². The third kappa shape index (κ3) is 4.05. The summed E-state index contributed by atoms with van der Waals surface area (Å²) in [5.41, 5.74) is 2.59. The van der Waals surface area contributed by atoms with Crippen LogP contribution in [0.15, 0.2) is 35.2 Å². The summed E-state index contributed by atoms with van der Waals surface area (Å²) in [5, 5.41) is 11.3. The molecule has 130 valence electrons. The number of thiocyanates is 1. The molecule has 0 heterocycles. The molecule has 3 rings (SSSR count). The lowest BCUT2D eigenvalue weighted by Gasteiger charge is -2.27. The normalized spacial score (nSPS) is 20.3. The molecule has 0 spiro atoms. The zero-order valence-corrected chi connectivity index (χ0v) is 16.0. The molecule has 2 aromatic rings. The summed E-state index contributed by atoms with van der Waals surface area (Å²) in [5.74, 6) is -0.0123. The van der Waals surface area contributed by atoms with Crippen LogP contribution in [0.2, 0.25) is 0 Å². The van der Waals surface area contributed by atoms with Crippen LogP contribution < -0.4 is 5.30 Å². The van der Waals surface area contributed by atoms with Gasteiger partial charge in [-0.25, -0.2) is 8.78 Å². The Balaban J connectivity index is 1.90. The van der Waals surface area contributed by atoms with Gasteiger partial charge in [-0.15, -0.1) is 9.24 Å². The van der Waals surface area contributed by atoms with Crippen molar-refractivity contribution in [2.45, 2.75) is 43.4 Å². The van der Waals surface area contributed by atoms with Gasteiger partial charge in [-0.3, -0.25) is 0 Å². The van der Waals surface area contributed by atoms with Gasteiger partial charge in [0, 0.05) is 0 Å². The Morgan fingerprint density at radius 2 is 1.72 bits per heavy atom. The van der Waals surface area contributed by atoms with Crippen molar-refractivity contribution in [3.8, 4) is 16.5 Å². The maximum absolute atomic E-state index is 14.1. The Bertz CT molecular complexity index is 800. The van der Waals surface area contributed by atoms with E-state index in [-0.39, 0.29) is 4.90 Å². The zero-order chi connectivity index (χ0) is 18.0. The van der Waals surface area contributed by atoms with Crippen LogP contribution in [0, 0.1) is 28.2 Å². The average Bonchev–Trinajstić information content (AvgIpc) is 2.58. The van der Waals surface area contributed by atoms with Crippen molar-refractivity contribution in [2.75, 3.05) is 0 Å². The molecule has 1 aliphatic rings. The second kappa shape index (κ2) is 7.85. The summed E-state index contributed by atoms with van der Waals surface area (Å²) in [6.45, 7) is 2.30. The summed E-state index contributed by atoms with van der Waals surface area (Å²) in [7, 11) is 2.68. The molecule has 0 aromatic heterocycles. The van der Waals surface area contributed by atoms with E-state index < -0.39 is 11.6 Å². The molecule has 25 heavy (non-hydrogen) atoms. The Hall–Kier alpha value is -1.43. The average molecular weight is 375 g/mol. The van der Waals surface area contributed by atoms with Crippen molar-refractivity contribution >= 4 is 26.3 Å². The van der Waals surface area contributed by atoms with Gasteiger partial charge in [-0.05, 0) is 70.6 Å². The molecule has 0 N–H and O–H groups in total. The lowest BCUT2D eigenvalue weighted by Crippen LogP contribution is -2.12. The number of halogens is 2. The lowest BCUT2D eigenvalue weighted by molar-refractivity contribution is 0.348. The Labute approximate surface area is 154 Å². The predicted molar refractivity (Wildman–Crippen MR) is 103 cm³/mol. The van der Waals surface area contributed by atoms with Crippen LogP contribution in [-0.2, 0) is 0 Å². The molecule has 1 nitrogen and oxygen atoms in total.